The molecule has 2 aromatic carbocycles. The quantitative estimate of drug-likeness (QED) is 0.728. The maximum atomic E-state index is 12.5. The van der Waals surface area contributed by atoms with E-state index in [4.69, 9.17) is 14.6 Å². The van der Waals surface area contributed by atoms with E-state index < -0.39 is 0 Å². The first-order valence-corrected chi connectivity index (χ1v) is 8.12. The third-order valence-electron chi connectivity index (χ3n) is 4.43. The second-order valence-electron chi connectivity index (χ2n) is 6.03. The van der Waals surface area contributed by atoms with Crippen molar-refractivity contribution in [2.45, 2.75) is 18.9 Å². The zero-order valence-electron chi connectivity index (χ0n) is 13.2. The Labute approximate surface area is 138 Å². The van der Waals surface area contributed by atoms with Gasteiger partial charge in [0.1, 0.15) is 11.1 Å². The number of benzene rings is 2. The van der Waals surface area contributed by atoms with Gasteiger partial charge in [-0.05, 0) is 35.7 Å². The van der Waals surface area contributed by atoms with Crippen molar-refractivity contribution in [1.82, 2.24) is 5.32 Å². The number of fused-ring (bicyclic) bond motifs is 3. The van der Waals surface area contributed by atoms with Crippen LogP contribution in [0, 0.1) is 5.41 Å². The van der Waals surface area contributed by atoms with Crippen molar-refractivity contribution in [3.8, 4) is 0 Å². The molecule has 5 nitrogen and oxygen atoms in total. The summed E-state index contributed by atoms with van der Waals surface area (Å²) in [6.07, 6.45) is 2.06. The van der Waals surface area contributed by atoms with Crippen LogP contribution in [0.15, 0.2) is 46.9 Å². The van der Waals surface area contributed by atoms with Crippen molar-refractivity contribution in [3.05, 3.63) is 53.6 Å². The van der Waals surface area contributed by atoms with Crippen LogP contribution in [-0.4, -0.2) is 25.2 Å². The first kappa shape index (κ1) is 14.9. The molecule has 1 saturated heterocycles. The lowest BCUT2D eigenvalue weighted by atomic mass is 10.0. The summed E-state index contributed by atoms with van der Waals surface area (Å²) in [5.74, 6) is -0.297. The molecule has 0 radical (unpaired) electrons. The Hall–Kier alpha value is -2.66. The first-order valence-electron chi connectivity index (χ1n) is 8.12. The molecule has 2 N–H and O–H groups in total. The molecule has 24 heavy (non-hydrogen) atoms. The molecule has 0 bridgehead atoms. The molecule has 4 rings (SSSR count). The molecule has 1 amide bonds. The number of hydrogen-bond donors (Lipinski definition) is 2. The van der Waals surface area contributed by atoms with Crippen LogP contribution in [0.1, 0.15) is 23.2 Å². The molecular formula is C19H18N2O3. The van der Waals surface area contributed by atoms with Crippen molar-refractivity contribution >= 4 is 27.6 Å². The zero-order chi connectivity index (χ0) is 16.5. The van der Waals surface area contributed by atoms with Gasteiger partial charge in [0.15, 0.2) is 0 Å². The second kappa shape index (κ2) is 6.09. The Morgan fingerprint density at radius 1 is 1.21 bits per heavy atom. The Morgan fingerprint density at radius 2 is 2.08 bits per heavy atom. The molecule has 0 saturated carbocycles. The maximum Gasteiger partial charge on any atom is 0.256 e. The average molecular weight is 322 g/mol. The van der Waals surface area contributed by atoms with Crippen LogP contribution in [0.3, 0.4) is 0 Å². The summed E-state index contributed by atoms with van der Waals surface area (Å²) in [6, 6.07) is 13.5. The van der Waals surface area contributed by atoms with E-state index >= 15 is 0 Å². The van der Waals surface area contributed by atoms with Gasteiger partial charge in [-0.1, -0.05) is 30.3 Å². The number of nitrogens with one attached hydrogen (secondary N) is 2. The molecular weight excluding hydrogens is 304 g/mol. The summed E-state index contributed by atoms with van der Waals surface area (Å²) in [5, 5.41) is 13.8. The van der Waals surface area contributed by atoms with E-state index in [0.717, 1.165) is 35.6 Å². The molecule has 2 heterocycles. The van der Waals surface area contributed by atoms with Crippen molar-refractivity contribution < 1.29 is 13.9 Å². The smallest absolute Gasteiger partial charge is 0.256 e. The lowest BCUT2D eigenvalue weighted by Crippen LogP contribution is -2.34. The molecule has 1 fully saturated rings. The molecule has 1 aliphatic rings. The number of hydrogen-bond acceptors (Lipinski definition) is 4. The fraction of sp³-hybridized carbons (Fsp3) is 0.263. The summed E-state index contributed by atoms with van der Waals surface area (Å²) < 4.78 is 11.1. The highest BCUT2D eigenvalue weighted by Crippen LogP contribution is 2.24. The van der Waals surface area contributed by atoms with Gasteiger partial charge in [-0.25, -0.2) is 0 Å². The Morgan fingerprint density at radius 3 is 2.92 bits per heavy atom. The minimum absolute atomic E-state index is 0.0707. The molecule has 0 aliphatic carbocycles. The SMILES string of the molecule is N=c1oc2ccc3ccccc3c2cc1C(=O)NCC1CCCO1. The highest BCUT2D eigenvalue weighted by Gasteiger charge is 2.18. The van der Waals surface area contributed by atoms with E-state index in [-0.39, 0.29) is 23.1 Å². The van der Waals surface area contributed by atoms with Gasteiger partial charge in [0.25, 0.3) is 5.91 Å². The van der Waals surface area contributed by atoms with Crippen LogP contribution in [0.5, 0.6) is 0 Å². The summed E-state index contributed by atoms with van der Waals surface area (Å²) in [6.45, 7) is 1.22. The number of carbonyl (C=O) groups excluding carboxylic acids is 1. The van der Waals surface area contributed by atoms with Gasteiger partial charge in [-0.3, -0.25) is 10.2 Å². The largest absolute Gasteiger partial charge is 0.438 e. The van der Waals surface area contributed by atoms with Crippen molar-refractivity contribution in [2.75, 3.05) is 13.2 Å². The minimum Gasteiger partial charge on any atom is -0.438 e. The van der Waals surface area contributed by atoms with Gasteiger partial charge in [-0.15, -0.1) is 0 Å². The van der Waals surface area contributed by atoms with Gasteiger partial charge >= 0.3 is 0 Å². The third kappa shape index (κ3) is 2.67. The maximum absolute atomic E-state index is 12.5. The molecule has 3 aromatic rings. The topological polar surface area (TPSA) is 75.3 Å². The summed E-state index contributed by atoms with van der Waals surface area (Å²) in [5.41, 5.74) is 0.730. The summed E-state index contributed by atoms with van der Waals surface area (Å²) in [4.78, 5) is 12.5. The number of rotatable bonds is 3. The van der Waals surface area contributed by atoms with Crippen molar-refractivity contribution in [1.29, 1.82) is 5.41 Å². The number of ether oxygens (including phenoxy) is 1. The zero-order valence-corrected chi connectivity index (χ0v) is 13.2. The fourth-order valence-electron chi connectivity index (χ4n) is 3.16. The normalized spacial score (nSPS) is 17.4. The van der Waals surface area contributed by atoms with Crippen LogP contribution in [-0.2, 0) is 4.74 Å². The molecule has 1 unspecified atom stereocenters. The summed E-state index contributed by atoms with van der Waals surface area (Å²) >= 11 is 0. The van der Waals surface area contributed by atoms with Gasteiger partial charge in [-0.2, -0.15) is 0 Å². The van der Waals surface area contributed by atoms with Gasteiger partial charge < -0.3 is 14.5 Å². The predicted octanol–water partition coefficient (Wildman–Crippen LogP) is 2.97. The molecule has 1 atom stereocenters. The second-order valence-corrected chi connectivity index (χ2v) is 6.03. The molecule has 5 heteroatoms. The number of carbonyl (C=O) groups is 1. The van der Waals surface area contributed by atoms with E-state index in [9.17, 15) is 4.79 Å². The van der Waals surface area contributed by atoms with E-state index in [0.29, 0.717) is 12.1 Å². The molecule has 1 aliphatic heterocycles. The average Bonchev–Trinajstić information content (AvgIpc) is 3.12. The Balaban J connectivity index is 1.71. The Kier molecular flexibility index (Phi) is 3.78. The predicted molar refractivity (Wildman–Crippen MR) is 90.9 cm³/mol. The minimum atomic E-state index is -0.297. The lowest BCUT2D eigenvalue weighted by molar-refractivity contribution is 0.0854. The van der Waals surface area contributed by atoms with E-state index in [2.05, 4.69) is 5.32 Å². The molecule has 0 spiro atoms. The van der Waals surface area contributed by atoms with Crippen LogP contribution in [0.2, 0.25) is 0 Å². The molecule has 122 valence electrons. The first-order chi connectivity index (χ1) is 11.7. The van der Waals surface area contributed by atoms with Crippen LogP contribution < -0.4 is 10.9 Å². The van der Waals surface area contributed by atoms with Crippen molar-refractivity contribution in [2.24, 2.45) is 0 Å². The number of amides is 1. The van der Waals surface area contributed by atoms with Crippen LogP contribution in [0.4, 0.5) is 0 Å². The lowest BCUT2D eigenvalue weighted by Gasteiger charge is -2.11. The van der Waals surface area contributed by atoms with Gasteiger partial charge in [0.2, 0.25) is 5.55 Å². The highest BCUT2D eigenvalue weighted by atomic mass is 16.5. The van der Waals surface area contributed by atoms with Gasteiger partial charge in [0, 0.05) is 18.5 Å². The van der Waals surface area contributed by atoms with Gasteiger partial charge in [0.05, 0.1) is 6.10 Å². The Bertz CT molecular complexity index is 971. The van der Waals surface area contributed by atoms with Crippen LogP contribution in [0.25, 0.3) is 21.7 Å². The van der Waals surface area contributed by atoms with Crippen molar-refractivity contribution in [3.63, 3.8) is 0 Å². The van der Waals surface area contributed by atoms with E-state index in [1.807, 2.05) is 36.4 Å². The van der Waals surface area contributed by atoms with Crippen LogP contribution >= 0.6 is 0 Å². The monoisotopic (exact) mass is 322 g/mol. The van der Waals surface area contributed by atoms with E-state index in [1.165, 1.54) is 0 Å². The third-order valence-corrected chi connectivity index (χ3v) is 4.43. The summed E-state index contributed by atoms with van der Waals surface area (Å²) in [7, 11) is 0. The molecule has 1 aromatic heterocycles. The standard InChI is InChI=1S/C19H18N2O3/c20-18-16(19(22)21-11-13-5-3-9-23-13)10-15-14-6-2-1-4-12(14)7-8-17(15)24-18/h1-2,4,6-8,10,13,20H,3,5,9,11H2,(H,21,22). The van der Waals surface area contributed by atoms with E-state index in [1.54, 1.807) is 6.07 Å². The fourth-order valence-corrected chi connectivity index (χ4v) is 3.16. The highest BCUT2D eigenvalue weighted by molar-refractivity contribution is 6.07.